The maximum absolute atomic E-state index is 2.86. The number of aryl methyl sites for hydroxylation is 4. The van der Waals surface area contributed by atoms with Crippen LogP contribution in [0.3, 0.4) is 0 Å². The molecule has 3 nitrogen and oxygen atoms in total. The number of hydrogen-bond donors (Lipinski definition) is 0. The Labute approximate surface area is 437 Å². The van der Waals surface area contributed by atoms with Crippen molar-refractivity contribution in [1.29, 1.82) is 0 Å². The van der Waals surface area contributed by atoms with Crippen molar-refractivity contribution in [3.8, 4) is 11.1 Å². The van der Waals surface area contributed by atoms with Crippen LogP contribution in [-0.4, -0.2) is 12.3 Å². The lowest BCUT2D eigenvalue weighted by Crippen LogP contribution is -2.61. The summed E-state index contributed by atoms with van der Waals surface area (Å²) in [4.78, 5) is 8.34. The lowest BCUT2D eigenvalue weighted by Gasteiger charge is -2.51. The molecule has 8 aromatic carbocycles. The number of anilines is 8. The van der Waals surface area contributed by atoms with E-state index in [1.54, 1.807) is 5.56 Å². The van der Waals surface area contributed by atoms with Crippen molar-refractivity contribution >= 4 is 100 Å². The monoisotopic (exact) mass is 968 g/mol. The first kappa shape index (κ1) is 45.1. The van der Waals surface area contributed by atoms with Crippen molar-refractivity contribution in [1.82, 2.24) is 0 Å². The van der Waals surface area contributed by atoms with E-state index in [0.717, 1.165) is 19.3 Å². The normalized spacial score (nSPS) is 19.6. The van der Waals surface area contributed by atoms with Crippen LogP contribution in [0.4, 0.5) is 45.5 Å². The summed E-state index contributed by atoms with van der Waals surface area (Å²) in [5.41, 5.74) is 26.7. The summed E-state index contributed by atoms with van der Waals surface area (Å²) in [6.45, 7) is 24.1. The molecule has 0 N–H and O–H groups in total. The van der Waals surface area contributed by atoms with Crippen LogP contribution in [-0.2, 0) is 29.1 Å². The van der Waals surface area contributed by atoms with Crippen molar-refractivity contribution in [3.05, 3.63) is 185 Å². The van der Waals surface area contributed by atoms with E-state index in [9.17, 15) is 0 Å². The molecular weight excluding hydrogens is 902 g/mol. The third-order valence-corrected chi connectivity index (χ3v) is 19.6. The van der Waals surface area contributed by atoms with Gasteiger partial charge in [-0.15, -0.1) is 11.3 Å². The highest BCUT2D eigenvalue weighted by Gasteiger charge is 2.59. The van der Waals surface area contributed by atoms with Gasteiger partial charge in [-0.3, -0.25) is 0 Å². The van der Waals surface area contributed by atoms with E-state index < -0.39 is 0 Å². The van der Waals surface area contributed by atoms with Crippen molar-refractivity contribution in [2.45, 2.75) is 130 Å². The molecule has 2 aliphatic carbocycles. The Hall–Kier alpha value is -6.56. The Morgan fingerprint density at radius 2 is 1.14 bits per heavy atom. The highest BCUT2D eigenvalue weighted by molar-refractivity contribution is 7.26. The van der Waals surface area contributed by atoms with Gasteiger partial charge < -0.3 is 14.7 Å². The molecule has 0 spiro atoms. The summed E-state index contributed by atoms with van der Waals surface area (Å²) in [5.74, 6) is 0. The van der Waals surface area contributed by atoms with Crippen molar-refractivity contribution in [3.63, 3.8) is 0 Å². The fourth-order valence-corrected chi connectivity index (χ4v) is 15.9. The van der Waals surface area contributed by atoms with Crippen LogP contribution >= 0.6 is 11.3 Å². The van der Waals surface area contributed by atoms with Gasteiger partial charge in [0.2, 0.25) is 0 Å². The largest absolute Gasteiger partial charge is 0.334 e. The summed E-state index contributed by atoms with van der Waals surface area (Å²) in [7, 11) is 0. The Kier molecular flexibility index (Phi) is 9.57. The highest BCUT2D eigenvalue weighted by Crippen LogP contribution is 2.63. The van der Waals surface area contributed by atoms with E-state index in [4.69, 9.17) is 0 Å². The zero-order valence-corrected chi connectivity index (χ0v) is 45.2. The minimum atomic E-state index is -0.144. The molecule has 0 amide bonds. The van der Waals surface area contributed by atoms with Gasteiger partial charge in [0.1, 0.15) is 0 Å². The predicted molar refractivity (Wildman–Crippen MR) is 316 cm³/mol. The molecule has 2 atom stereocenters. The lowest BCUT2D eigenvalue weighted by atomic mass is 9.33. The van der Waals surface area contributed by atoms with Gasteiger partial charge >= 0.3 is 0 Å². The van der Waals surface area contributed by atoms with Gasteiger partial charge in [-0.2, -0.15) is 0 Å². The molecule has 0 bridgehead atoms. The number of fused-ring (bicyclic) bond motifs is 13. The molecule has 0 saturated heterocycles. The topological polar surface area (TPSA) is 9.72 Å². The van der Waals surface area contributed by atoms with Gasteiger partial charge in [0.25, 0.3) is 6.71 Å². The Balaban J connectivity index is 1.17. The highest BCUT2D eigenvalue weighted by atomic mass is 32.1. The molecular formula is C68H66BN3S. The molecule has 2 unspecified atom stereocenters. The SMILES string of the molecule is Cc1cc(C)c2c(c1)N(c1cc3c4c(c1)N(c1cccc5sc6ccccc6c15)c1cc(C(C)(C)C)ccc1B4c1ccc(C(C)(C)C)cc1N3c1cccc3c1-c1ccccc1CC3)C1(C)CCCCC21C. The van der Waals surface area contributed by atoms with Crippen LogP contribution < -0.4 is 31.1 Å². The van der Waals surface area contributed by atoms with E-state index in [1.807, 2.05) is 11.3 Å². The standard InChI is InChI=1S/C68H66BN3S/c1-41-35-42(2)63-56(36-41)72(68(10)34-16-15-33-67(63,68)9)47-39-57-64-58(40-47)71(53-24-18-26-60-62(53)49-22-13-14-25-59(49)73-60)55-38-46(66(6,7)8)30-32-51(55)69(64)50-31-29-45(65(3,4)5)37-54(50)70(57)52-23-17-20-44-28-27-43-19-11-12-21-48(43)61(44)52/h11-14,17-26,29-32,35-40H,15-16,27-28,33-34H2,1-10H3. The van der Waals surface area contributed by atoms with Crippen LogP contribution in [0.25, 0.3) is 31.3 Å². The molecule has 4 heterocycles. The fourth-order valence-electron chi connectivity index (χ4n) is 14.8. The first-order valence-electron chi connectivity index (χ1n) is 27.1. The number of thiophene rings is 1. The molecule has 1 fully saturated rings. The minimum Gasteiger partial charge on any atom is -0.334 e. The number of rotatable bonds is 3. The second-order valence-electron chi connectivity index (χ2n) is 24.9. The molecule has 3 aliphatic heterocycles. The molecule has 362 valence electrons. The van der Waals surface area contributed by atoms with Gasteiger partial charge in [-0.1, -0.05) is 152 Å². The maximum atomic E-state index is 2.86. The predicted octanol–water partition coefficient (Wildman–Crippen LogP) is 16.9. The summed E-state index contributed by atoms with van der Waals surface area (Å²) in [6, 6.07) is 57.9. The van der Waals surface area contributed by atoms with E-state index >= 15 is 0 Å². The fraction of sp³-hybridized carbons (Fsp3) is 0.294. The van der Waals surface area contributed by atoms with Gasteiger partial charge in [-0.05, 0) is 173 Å². The molecule has 5 heteroatoms. The van der Waals surface area contributed by atoms with Gasteiger partial charge in [0.15, 0.2) is 0 Å². The second kappa shape index (κ2) is 15.5. The Morgan fingerprint density at radius 3 is 1.86 bits per heavy atom. The number of benzene rings is 8. The number of nitrogens with zero attached hydrogens (tertiary/aromatic N) is 3. The zero-order chi connectivity index (χ0) is 50.1. The van der Waals surface area contributed by atoms with E-state index in [2.05, 4.69) is 230 Å². The molecule has 0 radical (unpaired) electrons. The molecule has 5 aliphatic rings. The zero-order valence-electron chi connectivity index (χ0n) is 44.4. The lowest BCUT2D eigenvalue weighted by molar-refractivity contribution is 0.194. The van der Waals surface area contributed by atoms with Crippen LogP contribution in [0.15, 0.2) is 146 Å². The van der Waals surface area contributed by atoms with E-state index in [0.29, 0.717) is 0 Å². The number of hydrogen-bond acceptors (Lipinski definition) is 4. The van der Waals surface area contributed by atoms with Gasteiger partial charge in [-0.25, -0.2) is 0 Å². The first-order chi connectivity index (χ1) is 35.0. The van der Waals surface area contributed by atoms with Crippen LogP contribution in [0.5, 0.6) is 0 Å². The van der Waals surface area contributed by atoms with Crippen LogP contribution in [0, 0.1) is 13.8 Å². The smallest absolute Gasteiger partial charge is 0.252 e. The third-order valence-electron chi connectivity index (χ3n) is 18.5. The summed E-state index contributed by atoms with van der Waals surface area (Å²) < 4.78 is 2.65. The minimum absolute atomic E-state index is 0.00396. The summed E-state index contributed by atoms with van der Waals surface area (Å²) >= 11 is 1.92. The molecule has 9 aromatic rings. The summed E-state index contributed by atoms with van der Waals surface area (Å²) in [5, 5.41) is 2.65. The average Bonchev–Trinajstić information content (AvgIpc) is 3.85. The average molecular weight is 968 g/mol. The molecule has 1 aromatic heterocycles. The quantitative estimate of drug-likeness (QED) is 0.163. The van der Waals surface area contributed by atoms with Gasteiger partial charge in [0.05, 0.1) is 16.9 Å². The molecule has 14 rings (SSSR count). The summed E-state index contributed by atoms with van der Waals surface area (Å²) in [6.07, 6.45) is 6.88. The maximum Gasteiger partial charge on any atom is 0.252 e. The molecule has 73 heavy (non-hydrogen) atoms. The van der Waals surface area contributed by atoms with Crippen LogP contribution in [0.2, 0.25) is 0 Å². The van der Waals surface area contributed by atoms with Crippen molar-refractivity contribution < 1.29 is 0 Å². The first-order valence-corrected chi connectivity index (χ1v) is 27.9. The third kappa shape index (κ3) is 6.30. The second-order valence-corrected chi connectivity index (χ2v) is 26.0. The van der Waals surface area contributed by atoms with E-state index in [1.165, 1.54) is 146 Å². The van der Waals surface area contributed by atoms with Crippen molar-refractivity contribution in [2.75, 3.05) is 14.7 Å². The Bertz CT molecular complexity index is 3830. The van der Waals surface area contributed by atoms with Crippen LogP contribution in [0.1, 0.15) is 120 Å². The van der Waals surface area contributed by atoms with Crippen molar-refractivity contribution in [2.24, 2.45) is 0 Å². The molecule has 1 saturated carbocycles. The van der Waals surface area contributed by atoms with Gasteiger partial charge in [0, 0.05) is 65.3 Å². The van der Waals surface area contributed by atoms with E-state index in [-0.39, 0.29) is 28.5 Å². The Morgan fingerprint density at radius 1 is 0.534 bits per heavy atom.